The molecular weight excluding hydrogens is 204 g/mol. The van der Waals surface area contributed by atoms with Crippen LogP contribution in [0.3, 0.4) is 0 Å². The number of ether oxygens (including phenoxy) is 1. The van der Waals surface area contributed by atoms with Crippen LogP contribution in [0.2, 0.25) is 0 Å². The molecule has 16 heavy (non-hydrogen) atoms. The highest BCUT2D eigenvalue weighted by molar-refractivity contribution is 5.04. The van der Waals surface area contributed by atoms with Gasteiger partial charge in [0, 0.05) is 25.3 Å². The second-order valence-corrected chi connectivity index (χ2v) is 4.85. The largest absolute Gasteiger partial charge is 0.373 e. The molecule has 0 unspecified atom stereocenters. The Morgan fingerprint density at radius 1 is 1.56 bits per heavy atom. The van der Waals surface area contributed by atoms with Crippen LogP contribution in [-0.4, -0.2) is 17.8 Å². The highest BCUT2D eigenvalue weighted by Crippen LogP contribution is 2.19. The maximum absolute atomic E-state index is 5.48. The van der Waals surface area contributed by atoms with Crippen molar-refractivity contribution in [2.45, 2.75) is 45.9 Å². The third-order valence-corrected chi connectivity index (χ3v) is 2.45. The summed E-state index contributed by atoms with van der Waals surface area (Å²) in [6, 6.07) is 2.67. The van der Waals surface area contributed by atoms with Gasteiger partial charge in [0.25, 0.3) is 0 Å². The monoisotopic (exact) mass is 224 g/mol. The number of hydrogen-bond acceptors (Lipinski definition) is 4. The van der Waals surface area contributed by atoms with E-state index < -0.39 is 0 Å². The summed E-state index contributed by atoms with van der Waals surface area (Å²) in [6.45, 7) is 6.35. The fraction of sp³-hybridized carbons (Fsp3) is 0.750. The first-order valence-electron chi connectivity index (χ1n) is 5.99. The Morgan fingerprint density at radius 3 is 3.06 bits per heavy atom. The molecule has 2 rings (SSSR count). The fourth-order valence-corrected chi connectivity index (χ4v) is 1.44. The minimum absolute atomic E-state index is 0.522. The van der Waals surface area contributed by atoms with Crippen LogP contribution in [0, 0.1) is 5.92 Å². The molecule has 1 aliphatic carbocycles. The third kappa shape index (κ3) is 3.94. The fourth-order valence-electron chi connectivity index (χ4n) is 1.44. The van der Waals surface area contributed by atoms with Crippen molar-refractivity contribution >= 4 is 0 Å². The summed E-state index contributed by atoms with van der Waals surface area (Å²) < 4.78 is 10.7. The van der Waals surface area contributed by atoms with Crippen molar-refractivity contribution in [3.63, 3.8) is 0 Å². The molecule has 0 atom stereocenters. The Balaban J connectivity index is 1.68. The highest BCUT2D eigenvalue weighted by atomic mass is 16.5. The predicted octanol–water partition coefficient (Wildman–Crippen LogP) is 2.10. The maximum atomic E-state index is 5.48. The quantitative estimate of drug-likeness (QED) is 0.770. The van der Waals surface area contributed by atoms with Gasteiger partial charge in [-0.05, 0) is 18.8 Å². The van der Waals surface area contributed by atoms with Gasteiger partial charge in [-0.3, -0.25) is 0 Å². The van der Waals surface area contributed by atoms with E-state index in [9.17, 15) is 0 Å². The smallest absolute Gasteiger partial charge is 0.162 e. The van der Waals surface area contributed by atoms with Gasteiger partial charge >= 0.3 is 0 Å². The van der Waals surface area contributed by atoms with Gasteiger partial charge in [-0.1, -0.05) is 19.0 Å². The zero-order valence-electron chi connectivity index (χ0n) is 10.0. The molecule has 1 aliphatic rings. The number of rotatable bonds is 7. The van der Waals surface area contributed by atoms with Gasteiger partial charge in [-0.15, -0.1) is 0 Å². The lowest BCUT2D eigenvalue weighted by Gasteiger charge is -2.03. The SMILES string of the molecule is CC(C)COCc1cc(CNC2CC2)no1. The zero-order chi connectivity index (χ0) is 11.4. The molecule has 0 aliphatic heterocycles. The average Bonchev–Trinajstić information content (AvgIpc) is 2.96. The van der Waals surface area contributed by atoms with Gasteiger partial charge in [-0.25, -0.2) is 0 Å². The summed E-state index contributed by atoms with van der Waals surface area (Å²) in [5.41, 5.74) is 0.968. The minimum atomic E-state index is 0.522. The second-order valence-electron chi connectivity index (χ2n) is 4.85. The molecule has 4 nitrogen and oxygen atoms in total. The van der Waals surface area contributed by atoms with Crippen molar-refractivity contribution in [3.8, 4) is 0 Å². The standard InChI is InChI=1S/C12H20N2O2/c1-9(2)7-15-8-12-5-11(14-16-12)6-13-10-3-4-10/h5,9-10,13H,3-4,6-8H2,1-2H3. The molecule has 1 aromatic rings. The average molecular weight is 224 g/mol. The molecule has 0 bridgehead atoms. The van der Waals surface area contributed by atoms with Crippen molar-refractivity contribution in [2.24, 2.45) is 5.92 Å². The van der Waals surface area contributed by atoms with Crippen LogP contribution in [-0.2, 0) is 17.9 Å². The molecule has 1 fully saturated rings. The van der Waals surface area contributed by atoms with E-state index in [0.29, 0.717) is 18.6 Å². The summed E-state index contributed by atoms with van der Waals surface area (Å²) in [4.78, 5) is 0. The Kier molecular flexibility index (Phi) is 3.96. The Hall–Kier alpha value is -0.870. The van der Waals surface area contributed by atoms with Gasteiger partial charge < -0.3 is 14.6 Å². The Labute approximate surface area is 96.3 Å². The minimum Gasteiger partial charge on any atom is -0.373 e. The van der Waals surface area contributed by atoms with Crippen molar-refractivity contribution in [1.82, 2.24) is 10.5 Å². The van der Waals surface area contributed by atoms with Crippen LogP contribution in [0.25, 0.3) is 0 Å². The summed E-state index contributed by atoms with van der Waals surface area (Å²) >= 11 is 0. The number of nitrogens with zero attached hydrogens (tertiary/aromatic N) is 1. The van der Waals surface area contributed by atoms with Crippen LogP contribution < -0.4 is 5.32 Å². The highest BCUT2D eigenvalue weighted by Gasteiger charge is 2.20. The molecule has 4 heteroatoms. The van der Waals surface area contributed by atoms with E-state index >= 15 is 0 Å². The molecular formula is C12H20N2O2. The lowest BCUT2D eigenvalue weighted by Crippen LogP contribution is -2.15. The van der Waals surface area contributed by atoms with E-state index in [-0.39, 0.29) is 0 Å². The van der Waals surface area contributed by atoms with Crippen molar-refractivity contribution in [3.05, 3.63) is 17.5 Å². The van der Waals surface area contributed by atoms with Crippen LogP contribution >= 0.6 is 0 Å². The van der Waals surface area contributed by atoms with Crippen LogP contribution in [0.15, 0.2) is 10.6 Å². The van der Waals surface area contributed by atoms with Crippen LogP contribution in [0.1, 0.15) is 38.1 Å². The molecule has 0 radical (unpaired) electrons. The summed E-state index contributed by atoms with van der Waals surface area (Å²) in [5.74, 6) is 1.37. The van der Waals surface area contributed by atoms with Crippen molar-refractivity contribution in [2.75, 3.05) is 6.61 Å². The Bertz CT molecular complexity index is 319. The first kappa shape index (κ1) is 11.6. The normalized spacial score (nSPS) is 15.9. The van der Waals surface area contributed by atoms with Crippen molar-refractivity contribution < 1.29 is 9.26 Å². The maximum Gasteiger partial charge on any atom is 0.162 e. The molecule has 1 aromatic heterocycles. The van der Waals surface area contributed by atoms with Crippen LogP contribution in [0.4, 0.5) is 0 Å². The first-order valence-corrected chi connectivity index (χ1v) is 5.99. The first-order chi connectivity index (χ1) is 7.74. The molecule has 0 aromatic carbocycles. The van der Waals surface area contributed by atoms with E-state index in [0.717, 1.165) is 24.6 Å². The second kappa shape index (κ2) is 5.46. The van der Waals surface area contributed by atoms with E-state index in [1.165, 1.54) is 12.8 Å². The number of nitrogens with one attached hydrogen (secondary N) is 1. The topological polar surface area (TPSA) is 47.3 Å². The third-order valence-electron chi connectivity index (χ3n) is 2.45. The lowest BCUT2D eigenvalue weighted by molar-refractivity contribution is 0.0805. The van der Waals surface area contributed by atoms with Gasteiger partial charge in [0.05, 0.1) is 5.69 Å². The molecule has 1 heterocycles. The van der Waals surface area contributed by atoms with Crippen molar-refractivity contribution in [1.29, 1.82) is 0 Å². The summed E-state index contributed by atoms with van der Waals surface area (Å²) in [7, 11) is 0. The number of aromatic nitrogens is 1. The summed E-state index contributed by atoms with van der Waals surface area (Å²) in [5, 5.41) is 7.39. The van der Waals surface area contributed by atoms with Gasteiger partial charge in [0.1, 0.15) is 6.61 Å². The van der Waals surface area contributed by atoms with E-state index in [4.69, 9.17) is 9.26 Å². The number of hydrogen-bond donors (Lipinski definition) is 1. The van der Waals surface area contributed by atoms with Gasteiger partial charge in [0.15, 0.2) is 5.76 Å². The van der Waals surface area contributed by atoms with E-state index in [2.05, 4.69) is 24.3 Å². The molecule has 0 saturated heterocycles. The molecule has 90 valence electrons. The molecule has 0 spiro atoms. The van der Waals surface area contributed by atoms with Gasteiger partial charge in [-0.2, -0.15) is 0 Å². The van der Waals surface area contributed by atoms with E-state index in [1.54, 1.807) is 0 Å². The zero-order valence-corrected chi connectivity index (χ0v) is 10.0. The summed E-state index contributed by atoms with van der Waals surface area (Å²) in [6.07, 6.45) is 2.59. The van der Waals surface area contributed by atoms with Crippen LogP contribution in [0.5, 0.6) is 0 Å². The molecule has 1 N–H and O–H groups in total. The predicted molar refractivity (Wildman–Crippen MR) is 60.9 cm³/mol. The lowest BCUT2D eigenvalue weighted by atomic mass is 10.2. The Morgan fingerprint density at radius 2 is 2.38 bits per heavy atom. The van der Waals surface area contributed by atoms with Gasteiger partial charge in [0.2, 0.25) is 0 Å². The molecule has 0 amide bonds. The molecule has 1 saturated carbocycles. The van der Waals surface area contributed by atoms with E-state index in [1.807, 2.05) is 6.07 Å².